The number of sulfonamides is 1. The van der Waals surface area contributed by atoms with Gasteiger partial charge in [-0.2, -0.15) is 0 Å². The van der Waals surface area contributed by atoms with Gasteiger partial charge >= 0.3 is 0 Å². The van der Waals surface area contributed by atoms with Gasteiger partial charge in [0.15, 0.2) is 0 Å². The van der Waals surface area contributed by atoms with E-state index in [-0.39, 0.29) is 0 Å². The summed E-state index contributed by atoms with van der Waals surface area (Å²) < 4.78 is 26.1. The van der Waals surface area contributed by atoms with Crippen LogP contribution in [0.4, 0.5) is 0 Å². The molecule has 1 aromatic rings. The fourth-order valence-electron chi connectivity index (χ4n) is 1.89. The molecular formula is C15H24N2O2S. The maximum atomic E-state index is 12.3. The second-order valence-electron chi connectivity index (χ2n) is 4.79. The normalized spacial score (nSPS) is 11.8. The van der Waals surface area contributed by atoms with E-state index in [2.05, 4.69) is 6.58 Å². The molecule has 0 aliphatic rings. The van der Waals surface area contributed by atoms with Gasteiger partial charge in [0, 0.05) is 13.6 Å². The number of allylic oxidation sites excluding steroid dienone is 1. The number of hydrogen-bond donors (Lipinski definition) is 1. The predicted molar refractivity (Wildman–Crippen MR) is 83.1 cm³/mol. The van der Waals surface area contributed by atoms with E-state index < -0.39 is 10.0 Å². The quantitative estimate of drug-likeness (QED) is 0.561. The zero-order valence-corrected chi connectivity index (χ0v) is 12.9. The molecule has 0 radical (unpaired) electrons. The average molecular weight is 296 g/mol. The van der Waals surface area contributed by atoms with Gasteiger partial charge in [-0.25, -0.2) is 12.7 Å². The third-order valence-electron chi connectivity index (χ3n) is 3.18. The fourth-order valence-corrected chi connectivity index (χ4v) is 3.10. The van der Waals surface area contributed by atoms with Crippen LogP contribution in [0.25, 0.3) is 0 Å². The Bertz CT molecular complexity index is 509. The Kier molecular flexibility index (Phi) is 6.91. The number of hydrogen-bond acceptors (Lipinski definition) is 3. The predicted octanol–water partition coefficient (Wildman–Crippen LogP) is 2.16. The summed E-state index contributed by atoms with van der Waals surface area (Å²) in [5, 5.41) is 0. The minimum absolute atomic E-state index is 0.343. The Labute approximate surface area is 122 Å². The van der Waals surface area contributed by atoms with E-state index in [9.17, 15) is 8.42 Å². The molecule has 0 atom stereocenters. The van der Waals surface area contributed by atoms with Crippen molar-refractivity contribution >= 4 is 10.0 Å². The minimum atomic E-state index is -3.38. The second kappa shape index (κ2) is 8.19. The summed E-state index contributed by atoms with van der Waals surface area (Å²) in [7, 11) is -1.77. The molecule has 0 saturated carbocycles. The molecule has 0 bridgehead atoms. The van der Waals surface area contributed by atoms with Crippen LogP contribution < -0.4 is 5.73 Å². The van der Waals surface area contributed by atoms with Crippen molar-refractivity contribution in [2.45, 2.75) is 30.6 Å². The minimum Gasteiger partial charge on any atom is -0.330 e. The lowest BCUT2D eigenvalue weighted by molar-refractivity contribution is 0.463. The van der Waals surface area contributed by atoms with Crippen LogP contribution in [0.1, 0.15) is 24.8 Å². The lowest BCUT2D eigenvalue weighted by atomic mass is 10.1. The van der Waals surface area contributed by atoms with Gasteiger partial charge in [0.05, 0.1) is 4.90 Å². The zero-order valence-electron chi connectivity index (χ0n) is 12.1. The second-order valence-corrected chi connectivity index (χ2v) is 6.84. The van der Waals surface area contributed by atoms with Gasteiger partial charge in [-0.1, -0.05) is 18.2 Å². The summed E-state index contributed by atoms with van der Waals surface area (Å²) in [6.07, 6.45) is 5.19. The molecule has 5 heteroatoms. The number of benzene rings is 1. The lowest BCUT2D eigenvalue weighted by Gasteiger charge is -2.17. The van der Waals surface area contributed by atoms with E-state index in [1.807, 2.05) is 12.1 Å². The molecule has 0 amide bonds. The van der Waals surface area contributed by atoms with Gasteiger partial charge in [0.1, 0.15) is 0 Å². The molecule has 1 rings (SSSR count). The third-order valence-corrected chi connectivity index (χ3v) is 5.05. The molecule has 0 unspecified atom stereocenters. The first-order valence-corrected chi connectivity index (χ1v) is 8.32. The highest BCUT2D eigenvalue weighted by Crippen LogP contribution is 2.16. The molecular weight excluding hydrogens is 272 g/mol. The van der Waals surface area contributed by atoms with E-state index in [1.54, 1.807) is 25.3 Å². The Hall–Kier alpha value is -1.17. The van der Waals surface area contributed by atoms with Crippen molar-refractivity contribution in [2.24, 2.45) is 5.73 Å². The van der Waals surface area contributed by atoms with E-state index in [0.29, 0.717) is 18.0 Å². The first-order valence-electron chi connectivity index (χ1n) is 6.88. The smallest absolute Gasteiger partial charge is 0.242 e. The topological polar surface area (TPSA) is 63.4 Å². The fraction of sp³-hybridized carbons (Fsp3) is 0.467. The molecule has 0 aromatic heterocycles. The summed E-state index contributed by atoms with van der Waals surface area (Å²) in [5.41, 5.74) is 6.58. The number of nitrogens with zero attached hydrogens (tertiary/aromatic N) is 1. The van der Waals surface area contributed by atoms with Crippen molar-refractivity contribution in [1.82, 2.24) is 4.31 Å². The van der Waals surface area contributed by atoms with Gasteiger partial charge in [-0.05, 0) is 49.9 Å². The number of aryl methyl sites for hydroxylation is 1. The van der Waals surface area contributed by atoms with Crippen molar-refractivity contribution in [3.05, 3.63) is 42.5 Å². The van der Waals surface area contributed by atoms with E-state index in [1.165, 1.54) is 4.31 Å². The van der Waals surface area contributed by atoms with Crippen molar-refractivity contribution in [3.63, 3.8) is 0 Å². The van der Waals surface area contributed by atoms with Crippen molar-refractivity contribution < 1.29 is 8.42 Å². The Morgan fingerprint density at radius 1 is 1.25 bits per heavy atom. The van der Waals surface area contributed by atoms with E-state index in [0.717, 1.165) is 31.2 Å². The van der Waals surface area contributed by atoms with Crippen LogP contribution in [-0.2, 0) is 16.4 Å². The Morgan fingerprint density at radius 3 is 2.45 bits per heavy atom. The number of nitrogens with two attached hydrogens (primary N) is 1. The molecule has 0 aliphatic carbocycles. The first kappa shape index (κ1) is 16.9. The molecule has 0 heterocycles. The number of unbranched alkanes of at least 4 members (excludes halogenated alkanes) is 1. The molecule has 0 aliphatic heterocycles. The van der Waals surface area contributed by atoms with Crippen LogP contribution in [-0.4, -0.2) is 32.9 Å². The van der Waals surface area contributed by atoms with E-state index >= 15 is 0 Å². The molecule has 20 heavy (non-hydrogen) atoms. The van der Waals surface area contributed by atoms with Crippen LogP contribution in [0.3, 0.4) is 0 Å². The van der Waals surface area contributed by atoms with Gasteiger partial charge in [-0.15, -0.1) is 6.58 Å². The van der Waals surface area contributed by atoms with E-state index in [4.69, 9.17) is 5.73 Å². The molecule has 0 spiro atoms. The summed E-state index contributed by atoms with van der Waals surface area (Å²) in [6.45, 7) is 4.78. The van der Waals surface area contributed by atoms with Crippen molar-refractivity contribution in [1.29, 1.82) is 0 Å². The molecule has 0 saturated heterocycles. The Morgan fingerprint density at radius 2 is 1.90 bits per heavy atom. The summed E-state index contributed by atoms with van der Waals surface area (Å²) in [5.74, 6) is 0. The van der Waals surface area contributed by atoms with Crippen molar-refractivity contribution in [3.8, 4) is 0 Å². The molecule has 1 aromatic carbocycles. The summed E-state index contributed by atoms with van der Waals surface area (Å²) in [6, 6.07) is 7.07. The Balaban J connectivity index is 2.73. The van der Waals surface area contributed by atoms with Crippen LogP contribution in [0.15, 0.2) is 41.8 Å². The number of rotatable bonds is 9. The van der Waals surface area contributed by atoms with Crippen LogP contribution in [0.2, 0.25) is 0 Å². The lowest BCUT2D eigenvalue weighted by Crippen LogP contribution is -2.27. The molecule has 0 fully saturated rings. The maximum absolute atomic E-state index is 12.3. The molecule has 4 nitrogen and oxygen atoms in total. The molecule has 112 valence electrons. The average Bonchev–Trinajstić information content (AvgIpc) is 2.45. The van der Waals surface area contributed by atoms with Crippen molar-refractivity contribution in [2.75, 3.05) is 20.1 Å². The highest BCUT2D eigenvalue weighted by atomic mass is 32.2. The van der Waals surface area contributed by atoms with Gasteiger partial charge in [0.25, 0.3) is 0 Å². The SMILES string of the molecule is C=CCCCN(C)S(=O)(=O)c1ccc(CCCN)cc1. The van der Waals surface area contributed by atoms with Gasteiger partial charge in [-0.3, -0.25) is 0 Å². The van der Waals surface area contributed by atoms with Gasteiger partial charge in [0.2, 0.25) is 10.0 Å². The van der Waals surface area contributed by atoms with Crippen LogP contribution >= 0.6 is 0 Å². The highest BCUT2D eigenvalue weighted by Gasteiger charge is 2.19. The standard InChI is InChI=1S/C15H24N2O2S/c1-3-4-5-13-17(2)20(18,19)15-10-8-14(9-11-15)7-6-12-16/h3,8-11H,1,4-7,12-13,16H2,2H3. The maximum Gasteiger partial charge on any atom is 0.242 e. The van der Waals surface area contributed by atoms with Gasteiger partial charge < -0.3 is 5.73 Å². The largest absolute Gasteiger partial charge is 0.330 e. The van der Waals surface area contributed by atoms with Crippen LogP contribution in [0.5, 0.6) is 0 Å². The summed E-state index contributed by atoms with van der Waals surface area (Å²) in [4.78, 5) is 0.343. The third kappa shape index (κ3) is 4.74. The first-order chi connectivity index (χ1) is 9.52. The summed E-state index contributed by atoms with van der Waals surface area (Å²) >= 11 is 0. The van der Waals surface area contributed by atoms with Crippen LogP contribution in [0, 0.1) is 0 Å². The zero-order chi connectivity index (χ0) is 15.0. The highest BCUT2D eigenvalue weighted by molar-refractivity contribution is 7.89. The monoisotopic (exact) mass is 296 g/mol. The molecule has 2 N–H and O–H groups in total.